The maximum atomic E-state index is 5.08. The largest absolute Gasteiger partial charge is 0.384 e. The predicted octanol–water partition coefficient (Wildman–Crippen LogP) is 4.04. The first kappa shape index (κ1) is 18.2. The Morgan fingerprint density at radius 2 is 2.04 bits per heavy atom. The molecule has 1 N–H and O–H groups in total. The number of ether oxygens (including phenoxy) is 1. The van der Waals surface area contributed by atoms with Crippen molar-refractivity contribution >= 4 is 44.5 Å². The van der Waals surface area contributed by atoms with Crippen LogP contribution in [0.25, 0.3) is 11.0 Å². The Hall–Kier alpha value is -1.64. The number of aryl methyl sites for hydroxylation is 1. The fourth-order valence-electron chi connectivity index (χ4n) is 2.53. The van der Waals surface area contributed by atoms with E-state index in [0.717, 1.165) is 33.8 Å². The van der Waals surface area contributed by atoms with Gasteiger partial charge in [-0.05, 0) is 40.5 Å². The molecule has 2 aromatic heterocycles. The van der Waals surface area contributed by atoms with Crippen LogP contribution in [0.3, 0.4) is 0 Å². The fourth-order valence-corrected chi connectivity index (χ4v) is 3.95. The van der Waals surface area contributed by atoms with Gasteiger partial charge in [0.05, 0.1) is 12.0 Å². The number of aromatic nitrogens is 4. The number of rotatable bonds is 7. The van der Waals surface area contributed by atoms with Gasteiger partial charge in [-0.25, -0.2) is 14.6 Å². The molecule has 8 heteroatoms. The Labute approximate surface area is 159 Å². The molecule has 25 heavy (non-hydrogen) atoms. The Balaban J connectivity index is 1.75. The second-order valence-electron chi connectivity index (χ2n) is 5.61. The number of thioether (sulfide) groups is 1. The van der Waals surface area contributed by atoms with Gasteiger partial charge < -0.3 is 10.1 Å². The molecule has 0 bridgehead atoms. The summed E-state index contributed by atoms with van der Waals surface area (Å²) in [6.07, 6.45) is 1.56. The number of methoxy groups -OCH3 is 1. The molecule has 0 aliphatic rings. The van der Waals surface area contributed by atoms with Crippen molar-refractivity contribution in [1.82, 2.24) is 19.7 Å². The van der Waals surface area contributed by atoms with Crippen LogP contribution in [0.15, 0.2) is 40.1 Å². The van der Waals surface area contributed by atoms with E-state index in [1.807, 2.05) is 7.05 Å². The first-order chi connectivity index (χ1) is 12.1. The SMILES string of the molecule is COCCSc1ccc(C(C)Nc2ncnc3c2c(Br)nn3C)cc1. The molecule has 0 fully saturated rings. The van der Waals surface area contributed by atoms with Gasteiger partial charge in [-0.2, -0.15) is 5.10 Å². The van der Waals surface area contributed by atoms with E-state index in [1.165, 1.54) is 10.5 Å². The normalized spacial score (nSPS) is 12.5. The number of nitrogens with zero attached hydrogens (tertiary/aromatic N) is 4. The van der Waals surface area contributed by atoms with Crippen LogP contribution in [0, 0.1) is 0 Å². The van der Waals surface area contributed by atoms with Crippen LogP contribution in [0.5, 0.6) is 0 Å². The molecule has 0 saturated carbocycles. The third kappa shape index (κ3) is 4.13. The molecule has 3 rings (SSSR count). The number of hydrogen-bond donors (Lipinski definition) is 1. The summed E-state index contributed by atoms with van der Waals surface area (Å²) >= 11 is 5.28. The molecule has 0 radical (unpaired) electrons. The average molecular weight is 422 g/mol. The highest BCUT2D eigenvalue weighted by Crippen LogP contribution is 2.29. The van der Waals surface area contributed by atoms with Crippen LogP contribution in [0.1, 0.15) is 18.5 Å². The molecule has 0 amide bonds. The van der Waals surface area contributed by atoms with Gasteiger partial charge in [0.2, 0.25) is 0 Å². The van der Waals surface area contributed by atoms with Crippen molar-refractivity contribution in [3.63, 3.8) is 0 Å². The third-order valence-electron chi connectivity index (χ3n) is 3.87. The monoisotopic (exact) mass is 421 g/mol. The number of halogens is 1. The minimum Gasteiger partial charge on any atom is -0.384 e. The average Bonchev–Trinajstić information content (AvgIpc) is 2.91. The van der Waals surface area contributed by atoms with E-state index < -0.39 is 0 Å². The summed E-state index contributed by atoms with van der Waals surface area (Å²) in [7, 11) is 3.59. The first-order valence-corrected chi connectivity index (χ1v) is 9.69. The molecule has 3 aromatic rings. The van der Waals surface area contributed by atoms with Gasteiger partial charge in [-0.1, -0.05) is 12.1 Å². The Kier molecular flexibility index (Phi) is 5.93. The lowest BCUT2D eigenvalue weighted by atomic mass is 10.1. The van der Waals surface area contributed by atoms with Crippen molar-refractivity contribution in [2.75, 3.05) is 24.8 Å². The maximum Gasteiger partial charge on any atom is 0.164 e. The number of anilines is 1. The molecule has 0 aliphatic carbocycles. The van der Waals surface area contributed by atoms with E-state index >= 15 is 0 Å². The highest BCUT2D eigenvalue weighted by Gasteiger charge is 2.15. The minimum atomic E-state index is 0.114. The van der Waals surface area contributed by atoms with Crippen LogP contribution in [0.2, 0.25) is 0 Å². The molecular weight excluding hydrogens is 402 g/mol. The van der Waals surface area contributed by atoms with Crippen molar-refractivity contribution in [3.8, 4) is 0 Å². The second kappa shape index (κ2) is 8.16. The van der Waals surface area contributed by atoms with Gasteiger partial charge in [0.1, 0.15) is 16.7 Å². The summed E-state index contributed by atoms with van der Waals surface area (Å²) in [6, 6.07) is 8.68. The molecule has 0 spiro atoms. The third-order valence-corrected chi connectivity index (χ3v) is 5.40. The molecular formula is C17H20BrN5OS. The highest BCUT2D eigenvalue weighted by molar-refractivity contribution is 9.10. The van der Waals surface area contributed by atoms with Crippen LogP contribution in [0.4, 0.5) is 5.82 Å². The first-order valence-electron chi connectivity index (χ1n) is 7.91. The van der Waals surface area contributed by atoms with E-state index in [4.69, 9.17) is 4.74 Å². The van der Waals surface area contributed by atoms with E-state index in [1.54, 1.807) is 29.9 Å². The van der Waals surface area contributed by atoms with Gasteiger partial charge in [0.15, 0.2) is 5.65 Å². The second-order valence-corrected chi connectivity index (χ2v) is 7.53. The lowest BCUT2D eigenvalue weighted by molar-refractivity contribution is 0.218. The van der Waals surface area contributed by atoms with Crippen LogP contribution in [-0.4, -0.2) is 39.2 Å². The molecule has 1 unspecified atom stereocenters. The number of nitrogens with one attached hydrogen (secondary N) is 1. The number of benzene rings is 1. The zero-order valence-electron chi connectivity index (χ0n) is 14.4. The van der Waals surface area contributed by atoms with Crippen LogP contribution >= 0.6 is 27.7 Å². The number of fused-ring (bicyclic) bond motifs is 1. The molecule has 0 aliphatic heterocycles. The fraction of sp³-hybridized carbons (Fsp3) is 0.353. The van der Waals surface area contributed by atoms with E-state index in [9.17, 15) is 0 Å². The van der Waals surface area contributed by atoms with E-state index in [0.29, 0.717) is 0 Å². The Bertz CT molecular complexity index is 852. The zero-order valence-corrected chi connectivity index (χ0v) is 16.8. The van der Waals surface area contributed by atoms with Gasteiger partial charge in [0.25, 0.3) is 0 Å². The lowest BCUT2D eigenvalue weighted by Gasteiger charge is -2.16. The van der Waals surface area contributed by atoms with Gasteiger partial charge in [-0.15, -0.1) is 11.8 Å². The van der Waals surface area contributed by atoms with Crippen molar-refractivity contribution in [1.29, 1.82) is 0 Å². The summed E-state index contributed by atoms with van der Waals surface area (Å²) < 4.78 is 7.56. The summed E-state index contributed by atoms with van der Waals surface area (Å²) in [5.41, 5.74) is 1.99. The van der Waals surface area contributed by atoms with Gasteiger partial charge in [-0.3, -0.25) is 0 Å². The molecule has 6 nitrogen and oxygen atoms in total. The molecule has 2 heterocycles. The van der Waals surface area contributed by atoms with Crippen LogP contribution < -0.4 is 5.32 Å². The Morgan fingerprint density at radius 3 is 2.76 bits per heavy atom. The molecule has 1 aromatic carbocycles. The van der Waals surface area contributed by atoms with Crippen LogP contribution in [-0.2, 0) is 11.8 Å². The standard InChI is InChI=1S/C17H20BrN5OS/c1-11(12-4-6-13(7-5-12)25-9-8-24-3)21-16-14-15(18)22-23(2)17(14)20-10-19-16/h4-7,10-11H,8-9H2,1-3H3,(H,19,20,21). The summed E-state index contributed by atoms with van der Waals surface area (Å²) in [5, 5.41) is 8.71. The summed E-state index contributed by atoms with van der Waals surface area (Å²) in [4.78, 5) is 9.93. The minimum absolute atomic E-state index is 0.114. The quantitative estimate of drug-likeness (QED) is 0.458. The smallest absolute Gasteiger partial charge is 0.164 e. The van der Waals surface area contributed by atoms with Gasteiger partial charge in [0, 0.05) is 30.8 Å². The Morgan fingerprint density at radius 1 is 1.28 bits per heavy atom. The summed E-state index contributed by atoms with van der Waals surface area (Å²) in [6.45, 7) is 2.87. The lowest BCUT2D eigenvalue weighted by Crippen LogP contribution is -2.08. The van der Waals surface area contributed by atoms with Crippen molar-refractivity contribution in [2.24, 2.45) is 7.05 Å². The van der Waals surface area contributed by atoms with E-state index in [2.05, 4.69) is 67.5 Å². The molecule has 0 saturated heterocycles. The van der Waals surface area contributed by atoms with Gasteiger partial charge >= 0.3 is 0 Å². The summed E-state index contributed by atoms with van der Waals surface area (Å²) in [5.74, 6) is 1.73. The van der Waals surface area contributed by atoms with Crippen molar-refractivity contribution in [2.45, 2.75) is 17.9 Å². The molecule has 132 valence electrons. The topological polar surface area (TPSA) is 64.9 Å². The number of hydrogen-bond acceptors (Lipinski definition) is 6. The predicted molar refractivity (Wildman–Crippen MR) is 105 cm³/mol. The maximum absolute atomic E-state index is 5.08. The van der Waals surface area contributed by atoms with Crippen molar-refractivity contribution < 1.29 is 4.74 Å². The zero-order chi connectivity index (χ0) is 17.8. The molecule has 1 atom stereocenters. The van der Waals surface area contributed by atoms with E-state index in [-0.39, 0.29) is 6.04 Å². The highest BCUT2D eigenvalue weighted by atomic mass is 79.9. The van der Waals surface area contributed by atoms with Crippen molar-refractivity contribution in [3.05, 3.63) is 40.8 Å².